The molecule has 0 aliphatic rings. The summed E-state index contributed by atoms with van der Waals surface area (Å²) in [6.45, 7) is 2.40. The van der Waals surface area contributed by atoms with Crippen molar-refractivity contribution < 1.29 is 9.13 Å². The van der Waals surface area contributed by atoms with Crippen LogP contribution in [0.5, 0.6) is 5.75 Å². The molecule has 0 spiro atoms. The zero-order chi connectivity index (χ0) is 14.7. The molecule has 0 radical (unpaired) electrons. The topological polar surface area (TPSA) is 35.2 Å². The van der Waals surface area contributed by atoms with Crippen LogP contribution >= 0.6 is 23.2 Å². The van der Waals surface area contributed by atoms with Crippen LogP contribution in [0.15, 0.2) is 30.3 Å². The van der Waals surface area contributed by atoms with Crippen LogP contribution in [0.1, 0.15) is 16.7 Å². The van der Waals surface area contributed by atoms with Crippen molar-refractivity contribution in [1.82, 2.24) is 0 Å². The summed E-state index contributed by atoms with van der Waals surface area (Å²) >= 11 is 12.0. The highest BCUT2D eigenvalue weighted by molar-refractivity contribution is 6.35. The quantitative estimate of drug-likeness (QED) is 0.903. The molecule has 0 heterocycles. The van der Waals surface area contributed by atoms with E-state index in [1.165, 1.54) is 12.1 Å². The van der Waals surface area contributed by atoms with Gasteiger partial charge in [-0.3, -0.25) is 0 Å². The Morgan fingerprint density at radius 2 is 1.90 bits per heavy atom. The molecule has 0 saturated heterocycles. The van der Waals surface area contributed by atoms with Crippen LogP contribution in [0.25, 0.3) is 0 Å². The molecule has 2 nitrogen and oxygen atoms in total. The minimum absolute atomic E-state index is 0.265. The van der Waals surface area contributed by atoms with Crippen LogP contribution in [-0.2, 0) is 13.2 Å². The van der Waals surface area contributed by atoms with Gasteiger partial charge in [-0.2, -0.15) is 0 Å². The van der Waals surface area contributed by atoms with Crippen molar-refractivity contribution in [3.8, 4) is 5.75 Å². The summed E-state index contributed by atoms with van der Waals surface area (Å²) in [5, 5.41) is 0.929. The van der Waals surface area contributed by atoms with Gasteiger partial charge in [0.25, 0.3) is 0 Å². The first kappa shape index (κ1) is 15.1. The highest BCUT2D eigenvalue weighted by Gasteiger charge is 2.10. The molecular weight excluding hydrogens is 300 g/mol. The first-order valence-electron chi connectivity index (χ1n) is 6.07. The van der Waals surface area contributed by atoms with E-state index in [0.717, 1.165) is 16.7 Å². The molecular formula is C15H14Cl2FNO. The van der Waals surface area contributed by atoms with Gasteiger partial charge in [0, 0.05) is 17.1 Å². The number of aryl methyl sites for hydroxylation is 1. The minimum Gasteiger partial charge on any atom is -0.487 e. The lowest BCUT2D eigenvalue weighted by Gasteiger charge is -2.14. The Morgan fingerprint density at radius 1 is 1.15 bits per heavy atom. The second-order valence-corrected chi connectivity index (χ2v) is 5.28. The van der Waals surface area contributed by atoms with E-state index in [-0.39, 0.29) is 12.4 Å². The minimum atomic E-state index is -0.265. The van der Waals surface area contributed by atoms with Crippen LogP contribution in [0.4, 0.5) is 4.39 Å². The summed E-state index contributed by atoms with van der Waals surface area (Å²) in [4.78, 5) is 0. The number of benzene rings is 2. The van der Waals surface area contributed by atoms with Gasteiger partial charge in [-0.1, -0.05) is 29.3 Å². The normalized spacial score (nSPS) is 10.7. The third-order valence-corrected chi connectivity index (χ3v) is 3.48. The third-order valence-electron chi connectivity index (χ3n) is 2.98. The lowest BCUT2D eigenvalue weighted by Crippen LogP contribution is -2.04. The van der Waals surface area contributed by atoms with E-state index in [1.54, 1.807) is 18.2 Å². The predicted molar refractivity (Wildman–Crippen MR) is 79.8 cm³/mol. The number of hydrogen-bond acceptors (Lipinski definition) is 2. The molecule has 20 heavy (non-hydrogen) atoms. The number of nitrogens with two attached hydrogens (primary N) is 1. The molecule has 0 saturated carbocycles. The number of hydrogen-bond donors (Lipinski definition) is 1. The smallest absolute Gasteiger partial charge is 0.142 e. The lowest BCUT2D eigenvalue weighted by atomic mass is 10.1. The highest BCUT2D eigenvalue weighted by atomic mass is 35.5. The van der Waals surface area contributed by atoms with Crippen LogP contribution in [0.3, 0.4) is 0 Å². The fraction of sp³-hybridized carbons (Fsp3) is 0.200. The lowest BCUT2D eigenvalue weighted by molar-refractivity contribution is 0.302. The maximum atomic E-state index is 13.0. The van der Waals surface area contributed by atoms with Gasteiger partial charge in [-0.05, 0) is 42.3 Å². The average molecular weight is 314 g/mol. The Bertz CT molecular complexity index is 632. The van der Waals surface area contributed by atoms with E-state index in [4.69, 9.17) is 33.7 Å². The SMILES string of the molecule is Cc1cc(F)ccc1COc1c(Cl)cc(Cl)cc1CN. The van der Waals surface area contributed by atoms with Gasteiger partial charge in [0.2, 0.25) is 0 Å². The van der Waals surface area contributed by atoms with Crippen molar-refractivity contribution in [2.75, 3.05) is 0 Å². The Kier molecular flexibility index (Phi) is 4.86. The Hall–Kier alpha value is -1.29. The number of ether oxygens (including phenoxy) is 1. The summed E-state index contributed by atoms with van der Waals surface area (Å²) in [5.41, 5.74) is 8.11. The molecule has 0 atom stereocenters. The van der Waals surface area contributed by atoms with Crippen molar-refractivity contribution in [3.05, 3.63) is 62.9 Å². The van der Waals surface area contributed by atoms with E-state index in [0.29, 0.717) is 22.4 Å². The molecule has 2 aromatic carbocycles. The molecule has 0 unspecified atom stereocenters. The van der Waals surface area contributed by atoms with E-state index in [1.807, 2.05) is 6.92 Å². The average Bonchev–Trinajstić information content (AvgIpc) is 2.38. The Balaban J connectivity index is 2.22. The standard InChI is InChI=1S/C15H14Cl2FNO/c1-9-4-13(18)3-2-10(9)8-20-15-11(7-19)5-12(16)6-14(15)17/h2-6H,7-8,19H2,1H3. The molecule has 2 rings (SSSR count). The summed E-state index contributed by atoms with van der Waals surface area (Å²) in [6, 6.07) is 7.89. The molecule has 2 aromatic rings. The summed E-state index contributed by atoms with van der Waals surface area (Å²) in [6.07, 6.45) is 0. The monoisotopic (exact) mass is 313 g/mol. The van der Waals surface area contributed by atoms with Crippen molar-refractivity contribution >= 4 is 23.2 Å². The predicted octanol–water partition coefficient (Wildman–Crippen LogP) is 4.48. The molecule has 2 N–H and O–H groups in total. The van der Waals surface area contributed by atoms with Crippen LogP contribution in [0, 0.1) is 12.7 Å². The third kappa shape index (κ3) is 3.42. The van der Waals surface area contributed by atoms with Crippen molar-refractivity contribution in [2.45, 2.75) is 20.1 Å². The van der Waals surface area contributed by atoms with Gasteiger partial charge in [0.05, 0.1) is 5.02 Å². The first-order valence-corrected chi connectivity index (χ1v) is 6.82. The highest BCUT2D eigenvalue weighted by Crippen LogP contribution is 2.33. The van der Waals surface area contributed by atoms with Crippen molar-refractivity contribution in [2.24, 2.45) is 5.73 Å². The molecule has 0 amide bonds. The summed E-state index contributed by atoms with van der Waals surface area (Å²) in [7, 11) is 0. The molecule has 0 bridgehead atoms. The van der Waals surface area contributed by atoms with E-state index >= 15 is 0 Å². The largest absolute Gasteiger partial charge is 0.487 e. The second kappa shape index (κ2) is 6.44. The van der Waals surface area contributed by atoms with Crippen molar-refractivity contribution in [3.63, 3.8) is 0 Å². The Morgan fingerprint density at radius 3 is 2.55 bits per heavy atom. The maximum absolute atomic E-state index is 13.0. The van der Waals surface area contributed by atoms with Gasteiger partial charge < -0.3 is 10.5 Å². The van der Waals surface area contributed by atoms with Gasteiger partial charge in [0.1, 0.15) is 18.2 Å². The van der Waals surface area contributed by atoms with Gasteiger partial charge in [-0.15, -0.1) is 0 Å². The van der Waals surface area contributed by atoms with Gasteiger partial charge in [0.15, 0.2) is 0 Å². The molecule has 0 aromatic heterocycles. The zero-order valence-electron chi connectivity index (χ0n) is 10.9. The molecule has 106 valence electrons. The maximum Gasteiger partial charge on any atom is 0.142 e. The molecule has 0 fully saturated rings. The molecule has 0 aliphatic carbocycles. The van der Waals surface area contributed by atoms with Crippen LogP contribution < -0.4 is 10.5 Å². The van der Waals surface area contributed by atoms with Crippen LogP contribution in [0.2, 0.25) is 10.0 Å². The molecule has 5 heteroatoms. The first-order chi connectivity index (χ1) is 9.51. The summed E-state index contributed by atoms with van der Waals surface area (Å²) < 4.78 is 18.8. The van der Waals surface area contributed by atoms with Crippen molar-refractivity contribution in [1.29, 1.82) is 0 Å². The van der Waals surface area contributed by atoms with E-state index in [2.05, 4.69) is 0 Å². The molecule has 0 aliphatic heterocycles. The zero-order valence-corrected chi connectivity index (χ0v) is 12.4. The number of rotatable bonds is 4. The van der Waals surface area contributed by atoms with E-state index in [9.17, 15) is 4.39 Å². The number of halogens is 3. The summed E-state index contributed by atoms with van der Waals surface area (Å²) in [5.74, 6) is 0.251. The fourth-order valence-electron chi connectivity index (χ4n) is 1.90. The van der Waals surface area contributed by atoms with Gasteiger partial charge in [-0.25, -0.2) is 4.39 Å². The Labute approximate surface area is 127 Å². The fourth-order valence-corrected chi connectivity index (χ4v) is 2.49. The van der Waals surface area contributed by atoms with Crippen LogP contribution in [-0.4, -0.2) is 0 Å². The second-order valence-electron chi connectivity index (χ2n) is 4.44. The van der Waals surface area contributed by atoms with Gasteiger partial charge >= 0.3 is 0 Å². The van der Waals surface area contributed by atoms with E-state index < -0.39 is 0 Å².